The summed E-state index contributed by atoms with van der Waals surface area (Å²) in [6.07, 6.45) is 2.42. The molecule has 1 N–H and O–H groups in total. The molecule has 1 fully saturated rings. The Balaban J connectivity index is 1.61. The summed E-state index contributed by atoms with van der Waals surface area (Å²) in [5, 5.41) is 13.3. The standard InChI is InChI=1S/C17H12FN7O4S/c1-7-21-15(29-23-7)8-3-24(4-8)14-11(18)2-9-12(26)10(16(27)28)5-25(13(9)22-14)17-19-6-20-30-17/h2,5-6,8H,3-4H2,1H3,(H,27,28). The van der Waals surface area contributed by atoms with Crippen molar-refractivity contribution in [1.29, 1.82) is 0 Å². The number of nitrogens with zero attached hydrogens (tertiary/aromatic N) is 7. The molecule has 1 aliphatic rings. The zero-order valence-electron chi connectivity index (χ0n) is 15.3. The zero-order valence-corrected chi connectivity index (χ0v) is 16.1. The maximum Gasteiger partial charge on any atom is 0.341 e. The van der Waals surface area contributed by atoms with Gasteiger partial charge in [0.25, 0.3) is 0 Å². The van der Waals surface area contributed by atoms with Crippen molar-refractivity contribution in [3.63, 3.8) is 0 Å². The highest BCUT2D eigenvalue weighted by Crippen LogP contribution is 2.32. The third-order valence-electron chi connectivity index (χ3n) is 4.77. The van der Waals surface area contributed by atoms with Crippen LogP contribution in [0.4, 0.5) is 10.2 Å². The molecule has 30 heavy (non-hydrogen) atoms. The Hall–Kier alpha value is -3.74. The third kappa shape index (κ3) is 2.82. The van der Waals surface area contributed by atoms with Gasteiger partial charge in [-0.25, -0.2) is 19.2 Å². The molecule has 1 saturated heterocycles. The van der Waals surface area contributed by atoms with Crippen LogP contribution in [-0.2, 0) is 0 Å². The number of carbonyl (C=O) groups is 1. The van der Waals surface area contributed by atoms with Gasteiger partial charge in [0, 0.05) is 30.8 Å². The van der Waals surface area contributed by atoms with Crippen molar-refractivity contribution in [2.24, 2.45) is 0 Å². The molecular weight excluding hydrogens is 417 g/mol. The fourth-order valence-corrected chi connectivity index (χ4v) is 3.80. The fraction of sp³-hybridized carbons (Fsp3) is 0.235. The van der Waals surface area contributed by atoms with Crippen molar-refractivity contribution in [2.45, 2.75) is 12.8 Å². The molecule has 4 aromatic heterocycles. The number of aromatic carboxylic acids is 1. The second kappa shape index (κ2) is 6.66. The molecule has 0 aromatic carbocycles. The normalized spacial score (nSPS) is 14.3. The molecule has 0 spiro atoms. The fourth-order valence-electron chi connectivity index (χ4n) is 3.29. The molecule has 152 valence electrons. The topological polar surface area (TPSA) is 140 Å². The van der Waals surface area contributed by atoms with E-state index < -0.39 is 22.8 Å². The zero-order chi connectivity index (χ0) is 21.0. The van der Waals surface area contributed by atoms with Gasteiger partial charge >= 0.3 is 5.97 Å². The van der Waals surface area contributed by atoms with Gasteiger partial charge in [0.1, 0.15) is 11.9 Å². The summed E-state index contributed by atoms with van der Waals surface area (Å²) in [5.41, 5.74) is -1.24. The van der Waals surface area contributed by atoms with Crippen LogP contribution in [0.5, 0.6) is 0 Å². The Bertz CT molecular complexity index is 1340. The number of hydrogen-bond donors (Lipinski definition) is 1. The number of aromatic nitrogens is 6. The summed E-state index contributed by atoms with van der Waals surface area (Å²) in [6, 6.07) is 1.01. The summed E-state index contributed by atoms with van der Waals surface area (Å²) in [6.45, 7) is 2.53. The SMILES string of the molecule is Cc1noc(C2CN(c3nc4c(cc3F)c(=O)c(C(=O)O)cn4-c3ncns3)C2)n1. The molecule has 0 unspecified atom stereocenters. The first kappa shape index (κ1) is 18.3. The summed E-state index contributed by atoms with van der Waals surface area (Å²) >= 11 is 0.987. The predicted octanol–water partition coefficient (Wildman–Crippen LogP) is 1.37. The van der Waals surface area contributed by atoms with Crippen LogP contribution in [0.25, 0.3) is 16.2 Å². The van der Waals surface area contributed by atoms with Gasteiger partial charge in [-0.3, -0.25) is 9.36 Å². The van der Waals surface area contributed by atoms with E-state index in [0.717, 1.165) is 23.8 Å². The Labute approximate surface area is 170 Å². The Morgan fingerprint density at radius 2 is 2.17 bits per heavy atom. The lowest BCUT2D eigenvalue weighted by molar-refractivity contribution is 0.0695. The van der Waals surface area contributed by atoms with Crippen molar-refractivity contribution in [3.05, 3.63) is 51.9 Å². The summed E-state index contributed by atoms with van der Waals surface area (Å²) in [7, 11) is 0. The maximum atomic E-state index is 14.8. The van der Waals surface area contributed by atoms with E-state index in [-0.39, 0.29) is 22.8 Å². The average Bonchev–Trinajstić information content (AvgIpc) is 3.34. The highest BCUT2D eigenvalue weighted by Gasteiger charge is 2.35. The largest absolute Gasteiger partial charge is 0.477 e. The molecule has 0 aliphatic carbocycles. The minimum atomic E-state index is -1.43. The highest BCUT2D eigenvalue weighted by atomic mass is 32.1. The molecule has 0 atom stereocenters. The quantitative estimate of drug-likeness (QED) is 0.506. The molecule has 0 bridgehead atoms. The van der Waals surface area contributed by atoms with Crippen LogP contribution in [0.15, 0.2) is 27.9 Å². The van der Waals surface area contributed by atoms with Gasteiger partial charge in [-0.2, -0.15) is 9.36 Å². The van der Waals surface area contributed by atoms with Crippen LogP contribution >= 0.6 is 11.5 Å². The number of aryl methyl sites for hydroxylation is 1. The number of halogens is 1. The molecule has 0 amide bonds. The molecule has 5 heterocycles. The monoisotopic (exact) mass is 429 g/mol. The molecule has 5 rings (SSSR count). The smallest absolute Gasteiger partial charge is 0.341 e. The van der Waals surface area contributed by atoms with E-state index in [1.54, 1.807) is 11.8 Å². The minimum absolute atomic E-state index is 0.0377. The van der Waals surface area contributed by atoms with E-state index in [0.29, 0.717) is 29.9 Å². The number of pyridine rings is 2. The maximum absolute atomic E-state index is 14.8. The van der Waals surface area contributed by atoms with Crippen molar-refractivity contribution in [3.8, 4) is 5.13 Å². The van der Waals surface area contributed by atoms with E-state index in [2.05, 4.69) is 24.5 Å². The molecule has 0 radical (unpaired) electrons. The minimum Gasteiger partial charge on any atom is -0.477 e. The lowest BCUT2D eigenvalue weighted by atomic mass is 10.00. The first-order valence-electron chi connectivity index (χ1n) is 8.73. The first-order valence-corrected chi connectivity index (χ1v) is 9.51. The number of anilines is 1. The first-order chi connectivity index (χ1) is 14.4. The molecular formula is C17H12FN7O4S. The van der Waals surface area contributed by atoms with Crippen LogP contribution in [0.2, 0.25) is 0 Å². The van der Waals surface area contributed by atoms with Gasteiger partial charge in [-0.05, 0) is 13.0 Å². The van der Waals surface area contributed by atoms with E-state index in [1.807, 2.05) is 0 Å². The van der Waals surface area contributed by atoms with Crippen LogP contribution in [0.1, 0.15) is 28.0 Å². The van der Waals surface area contributed by atoms with Crippen molar-refractivity contribution in [2.75, 3.05) is 18.0 Å². The predicted molar refractivity (Wildman–Crippen MR) is 102 cm³/mol. The van der Waals surface area contributed by atoms with Crippen molar-refractivity contribution >= 4 is 34.4 Å². The number of fused-ring (bicyclic) bond motifs is 1. The molecule has 4 aromatic rings. The number of rotatable bonds is 4. The Morgan fingerprint density at radius 3 is 2.80 bits per heavy atom. The summed E-state index contributed by atoms with van der Waals surface area (Å²) in [5.74, 6) is -1.18. The second-order valence-corrected chi connectivity index (χ2v) is 7.48. The Kier molecular flexibility index (Phi) is 4.06. The van der Waals surface area contributed by atoms with Gasteiger partial charge in [0.05, 0.1) is 11.3 Å². The number of carboxylic acids is 1. The van der Waals surface area contributed by atoms with E-state index in [1.165, 1.54) is 10.9 Å². The lowest BCUT2D eigenvalue weighted by Crippen LogP contribution is -2.46. The van der Waals surface area contributed by atoms with Crippen LogP contribution in [-0.4, -0.2) is 53.2 Å². The summed E-state index contributed by atoms with van der Waals surface area (Å²) < 4.78 is 25.2. The molecule has 1 aliphatic heterocycles. The second-order valence-electron chi connectivity index (χ2n) is 6.72. The molecule has 13 heteroatoms. The van der Waals surface area contributed by atoms with E-state index >= 15 is 0 Å². The van der Waals surface area contributed by atoms with Gasteiger partial charge in [-0.1, -0.05) is 5.16 Å². The lowest BCUT2D eigenvalue weighted by Gasteiger charge is -2.38. The molecule has 11 nitrogen and oxygen atoms in total. The van der Waals surface area contributed by atoms with Crippen LogP contribution < -0.4 is 10.3 Å². The van der Waals surface area contributed by atoms with Crippen molar-refractivity contribution < 1.29 is 18.8 Å². The van der Waals surface area contributed by atoms with Gasteiger partial charge in [-0.15, -0.1) is 0 Å². The third-order valence-corrected chi connectivity index (χ3v) is 5.44. The van der Waals surface area contributed by atoms with E-state index in [9.17, 15) is 19.1 Å². The van der Waals surface area contributed by atoms with Gasteiger partial charge < -0.3 is 14.5 Å². The number of hydrogen-bond acceptors (Lipinski definition) is 10. The van der Waals surface area contributed by atoms with Gasteiger partial charge in [0.15, 0.2) is 23.1 Å². The van der Waals surface area contributed by atoms with Crippen LogP contribution in [0, 0.1) is 12.7 Å². The Morgan fingerprint density at radius 1 is 1.37 bits per heavy atom. The average molecular weight is 429 g/mol. The molecule has 0 saturated carbocycles. The van der Waals surface area contributed by atoms with Crippen LogP contribution in [0.3, 0.4) is 0 Å². The number of carboxylic acid groups (broad SMARTS) is 1. The van der Waals surface area contributed by atoms with E-state index in [4.69, 9.17) is 4.52 Å². The van der Waals surface area contributed by atoms with Gasteiger partial charge in [0.2, 0.25) is 16.5 Å². The summed E-state index contributed by atoms with van der Waals surface area (Å²) in [4.78, 5) is 38.3. The van der Waals surface area contributed by atoms with Crippen molar-refractivity contribution in [1.82, 2.24) is 29.0 Å². The highest BCUT2D eigenvalue weighted by molar-refractivity contribution is 7.08.